The third-order valence-electron chi connectivity index (χ3n) is 1.94. The van der Waals surface area contributed by atoms with E-state index in [1.807, 2.05) is 30.5 Å². The SMILES string of the molecule is CNCc1cc2cc(N)ccc2s1. The number of hydrogen-bond acceptors (Lipinski definition) is 3. The van der Waals surface area contributed by atoms with Gasteiger partial charge in [-0.15, -0.1) is 11.3 Å². The number of anilines is 1. The highest BCUT2D eigenvalue weighted by Crippen LogP contribution is 2.26. The highest BCUT2D eigenvalue weighted by atomic mass is 32.1. The molecule has 0 amide bonds. The van der Waals surface area contributed by atoms with Crippen molar-refractivity contribution in [3.63, 3.8) is 0 Å². The van der Waals surface area contributed by atoms with Crippen LogP contribution in [0.4, 0.5) is 5.69 Å². The fraction of sp³-hybridized carbons (Fsp3) is 0.200. The Labute approximate surface area is 81.4 Å². The van der Waals surface area contributed by atoms with Crippen LogP contribution in [0.5, 0.6) is 0 Å². The minimum Gasteiger partial charge on any atom is -0.399 e. The number of nitrogens with two attached hydrogens (primary N) is 1. The zero-order valence-electron chi connectivity index (χ0n) is 7.50. The third-order valence-corrected chi connectivity index (χ3v) is 3.06. The van der Waals surface area contributed by atoms with Crippen LogP contribution in [0.1, 0.15) is 4.88 Å². The van der Waals surface area contributed by atoms with E-state index in [1.54, 1.807) is 0 Å². The summed E-state index contributed by atoms with van der Waals surface area (Å²) in [6, 6.07) is 8.23. The number of benzene rings is 1. The molecule has 0 aliphatic carbocycles. The molecule has 2 nitrogen and oxygen atoms in total. The molecule has 13 heavy (non-hydrogen) atoms. The molecular weight excluding hydrogens is 180 g/mol. The van der Waals surface area contributed by atoms with Gasteiger partial charge in [0.25, 0.3) is 0 Å². The molecule has 0 fully saturated rings. The lowest BCUT2D eigenvalue weighted by molar-refractivity contribution is 0.832. The Kier molecular flexibility index (Phi) is 2.20. The van der Waals surface area contributed by atoms with E-state index >= 15 is 0 Å². The molecule has 0 spiro atoms. The molecule has 0 radical (unpaired) electrons. The Morgan fingerprint density at radius 3 is 3.00 bits per heavy atom. The van der Waals surface area contributed by atoms with Crippen molar-refractivity contribution in [3.05, 3.63) is 29.1 Å². The summed E-state index contributed by atoms with van der Waals surface area (Å²) < 4.78 is 1.31. The molecule has 0 unspecified atom stereocenters. The van der Waals surface area contributed by atoms with Gasteiger partial charge in [0, 0.05) is 21.8 Å². The van der Waals surface area contributed by atoms with Crippen LogP contribution in [0.15, 0.2) is 24.3 Å². The Morgan fingerprint density at radius 2 is 2.23 bits per heavy atom. The topological polar surface area (TPSA) is 38.0 Å². The van der Waals surface area contributed by atoms with Gasteiger partial charge in [-0.3, -0.25) is 0 Å². The lowest BCUT2D eigenvalue weighted by Crippen LogP contribution is -2.02. The minimum absolute atomic E-state index is 0.835. The van der Waals surface area contributed by atoms with E-state index in [-0.39, 0.29) is 0 Å². The van der Waals surface area contributed by atoms with Gasteiger partial charge < -0.3 is 11.1 Å². The molecule has 68 valence electrons. The van der Waals surface area contributed by atoms with Crippen molar-refractivity contribution in [3.8, 4) is 0 Å². The predicted molar refractivity (Wildman–Crippen MR) is 59.0 cm³/mol. The lowest BCUT2D eigenvalue weighted by atomic mass is 10.2. The average Bonchev–Trinajstić information content (AvgIpc) is 2.46. The quantitative estimate of drug-likeness (QED) is 0.716. The van der Waals surface area contributed by atoms with Crippen molar-refractivity contribution < 1.29 is 0 Å². The normalized spacial score (nSPS) is 10.8. The van der Waals surface area contributed by atoms with E-state index in [1.165, 1.54) is 15.0 Å². The van der Waals surface area contributed by atoms with Crippen molar-refractivity contribution in [2.45, 2.75) is 6.54 Å². The van der Waals surface area contributed by atoms with Crippen LogP contribution in [0.25, 0.3) is 10.1 Å². The molecule has 1 aromatic heterocycles. The maximum Gasteiger partial charge on any atom is 0.0347 e. The standard InChI is InChI=1S/C10H12N2S/c1-12-6-9-5-7-4-8(11)2-3-10(7)13-9/h2-5,12H,6,11H2,1H3. The molecule has 1 aromatic carbocycles. The third kappa shape index (κ3) is 1.66. The van der Waals surface area contributed by atoms with Crippen LogP contribution in [0, 0.1) is 0 Å². The zero-order chi connectivity index (χ0) is 9.26. The molecule has 0 saturated carbocycles. The summed E-state index contributed by atoms with van der Waals surface area (Å²) in [5.41, 5.74) is 6.53. The molecular formula is C10H12N2S. The Balaban J connectivity index is 2.49. The van der Waals surface area contributed by atoms with Crippen molar-refractivity contribution in [2.24, 2.45) is 0 Å². The van der Waals surface area contributed by atoms with Crippen LogP contribution in [-0.4, -0.2) is 7.05 Å². The predicted octanol–water partition coefficient (Wildman–Crippen LogP) is 2.20. The summed E-state index contributed by atoms with van der Waals surface area (Å²) in [6.45, 7) is 0.930. The number of nitrogens with one attached hydrogen (secondary N) is 1. The summed E-state index contributed by atoms with van der Waals surface area (Å²) in [5, 5.41) is 4.38. The molecule has 0 aliphatic rings. The Bertz CT molecular complexity index is 420. The summed E-state index contributed by atoms with van der Waals surface area (Å²) >= 11 is 1.81. The van der Waals surface area contributed by atoms with Gasteiger partial charge in [-0.1, -0.05) is 0 Å². The van der Waals surface area contributed by atoms with Crippen molar-refractivity contribution in [1.82, 2.24) is 5.32 Å². The maximum atomic E-state index is 5.70. The van der Waals surface area contributed by atoms with E-state index in [9.17, 15) is 0 Å². The minimum atomic E-state index is 0.835. The van der Waals surface area contributed by atoms with E-state index in [4.69, 9.17) is 5.73 Å². The monoisotopic (exact) mass is 192 g/mol. The average molecular weight is 192 g/mol. The summed E-state index contributed by atoms with van der Waals surface area (Å²) in [6.07, 6.45) is 0. The number of hydrogen-bond donors (Lipinski definition) is 2. The largest absolute Gasteiger partial charge is 0.399 e. The van der Waals surface area contributed by atoms with Crippen molar-refractivity contribution in [2.75, 3.05) is 12.8 Å². The first-order chi connectivity index (χ1) is 6.29. The van der Waals surface area contributed by atoms with Crippen molar-refractivity contribution in [1.29, 1.82) is 0 Å². The second kappa shape index (κ2) is 3.36. The van der Waals surface area contributed by atoms with Crippen LogP contribution >= 0.6 is 11.3 Å². The van der Waals surface area contributed by atoms with Gasteiger partial charge in [0.15, 0.2) is 0 Å². The molecule has 0 aliphatic heterocycles. The maximum absolute atomic E-state index is 5.70. The van der Waals surface area contributed by atoms with Crippen LogP contribution in [-0.2, 0) is 6.54 Å². The number of rotatable bonds is 2. The molecule has 0 atom stereocenters. The Hall–Kier alpha value is -1.06. The van der Waals surface area contributed by atoms with E-state index < -0.39 is 0 Å². The number of nitrogen functional groups attached to an aromatic ring is 1. The molecule has 2 rings (SSSR count). The first kappa shape index (κ1) is 8.53. The second-order valence-electron chi connectivity index (χ2n) is 3.04. The van der Waals surface area contributed by atoms with Gasteiger partial charge in [0.2, 0.25) is 0 Å². The van der Waals surface area contributed by atoms with E-state index in [2.05, 4.69) is 17.4 Å². The molecule has 3 heteroatoms. The highest BCUT2D eigenvalue weighted by Gasteiger charge is 2.00. The van der Waals surface area contributed by atoms with Gasteiger partial charge in [0.05, 0.1) is 0 Å². The number of thiophene rings is 1. The Morgan fingerprint density at radius 1 is 1.38 bits per heavy atom. The molecule has 3 N–H and O–H groups in total. The first-order valence-electron chi connectivity index (χ1n) is 4.22. The molecule has 2 aromatic rings. The molecule has 1 heterocycles. The van der Waals surface area contributed by atoms with Gasteiger partial charge >= 0.3 is 0 Å². The highest BCUT2D eigenvalue weighted by molar-refractivity contribution is 7.19. The van der Waals surface area contributed by atoms with E-state index in [0.717, 1.165) is 12.2 Å². The molecule has 0 saturated heterocycles. The fourth-order valence-corrected chi connectivity index (χ4v) is 2.43. The van der Waals surface area contributed by atoms with Gasteiger partial charge in [0.1, 0.15) is 0 Å². The first-order valence-corrected chi connectivity index (χ1v) is 5.04. The molecule has 0 bridgehead atoms. The summed E-state index contributed by atoms with van der Waals surface area (Å²) in [4.78, 5) is 1.35. The van der Waals surface area contributed by atoms with Crippen LogP contribution < -0.4 is 11.1 Å². The lowest BCUT2D eigenvalue weighted by Gasteiger charge is -1.90. The van der Waals surface area contributed by atoms with Gasteiger partial charge in [-0.2, -0.15) is 0 Å². The second-order valence-corrected chi connectivity index (χ2v) is 4.21. The number of fused-ring (bicyclic) bond motifs is 1. The van der Waals surface area contributed by atoms with Crippen LogP contribution in [0.2, 0.25) is 0 Å². The zero-order valence-corrected chi connectivity index (χ0v) is 8.32. The summed E-state index contributed by atoms with van der Waals surface area (Å²) in [7, 11) is 1.96. The smallest absolute Gasteiger partial charge is 0.0347 e. The summed E-state index contributed by atoms with van der Waals surface area (Å²) in [5.74, 6) is 0. The van der Waals surface area contributed by atoms with Crippen LogP contribution in [0.3, 0.4) is 0 Å². The van der Waals surface area contributed by atoms with E-state index in [0.29, 0.717) is 0 Å². The fourth-order valence-electron chi connectivity index (χ4n) is 1.38. The van der Waals surface area contributed by atoms with Crippen molar-refractivity contribution >= 4 is 27.1 Å². The van der Waals surface area contributed by atoms with Gasteiger partial charge in [-0.25, -0.2) is 0 Å². The van der Waals surface area contributed by atoms with Gasteiger partial charge in [-0.05, 0) is 36.7 Å².